The van der Waals surface area contributed by atoms with Crippen LogP contribution < -0.4 is 11.5 Å². The quantitative estimate of drug-likeness (QED) is 0.382. The number of nitrogens with one attached hydrogen (secondary N) is 1. The van der Waals surface area contributed by atoms with Crippen molar-refractivity contribution in [2.45, 2.75) is 13.0 Å². The van der Waals surface area contributed by atoms with Crippen molar-refractivity contribution < 1.29 is 5.11 Å². The second-order valence-electron chi connectivity index (χ2n) is 2.57. The van der Waals surface area contributed by atoms with Crippen LogP contribution in [0.2, 0.25) is 0 Å². The first-order valence-electron chi connectivity index (χ1n) is 3.86. The van der Waals surface area contributed by atoms with Gasteiger partial charge in [-0.3, -0.25) is 0 Å². The van der Waals surface area contributed by atoms with E-state index in [1.165, 1.54) is 6.92 Å². The smallest absolute Gasteiger partial charge is 0.0856 e. The number of anilines is 2. The lowest BCUT2D eigenvalue weighted by Gasteiger charge is -1.90. The summed E-state index contributed by atoms with van der Waals surface area (Å²) in [6, 6.07) is 7.09. The number of aliphatic hydroxyl groups is 1. The van der Waals surface area contributed by atoms with Crippen molar-refractivity contribution in [2.24, 2.45) is 0 Å². The molecule has 1 rings (SSSR count). The molecule has 13 heavy (non-hydrogen) atoms. The molecule has 0 heterocycles. The van der Waals surface area contributed by atoms with Crippen LogP contribution in [0.1, 0.15) is 6.92 Å². The van der Waals surface area contributed by atoms with Crippen LogP contribution in [0.15, 0.2) is 24.3 Å². The van der Waals surface area contributed by atoms with E-state index < -0.39 is 6.10 Å². The van der Waals surface area contributed by atoms with Gasteiger partial charge in [-0.1, -0.05) is 0 Å². The summed E-state index contributed by atoms with van der Waals surface area (Å²) in [6.45, 7) is 1.53. The Morgan fingerprint density at radius 3 is 1.62 bits per heavy atom. The molecule has 4 heteroatoms. The summed E-state index contributed by atoms with van der Waals surface area (Å²) in [5.74, 6) is 0. The Hall–Kier alpha value is -1.55. The highest BCUT2D eigenvalue weighted by Gasteiger charge is 1.80. The second kappa shape index (κ2) is 6.02. The Bertz CT molecular complexity index is 223. The number of benzene rings is 1. The monoisotopic (exact) mass is 181 g/mol. The molecule has 0 saturated carbocycles. The van der Waals surface area contributed by atoms with Crippen LogP contribution in [-0.4, -0.2) is 17.4 Å². The fraction of sp³-hybridized carbons (Fsp3) is 0.222. The van der Waals surface area contributed by atoms with Crippen LogP contribution in [0, 0.1) is 5.41 Å². The lowest BCUT2D eigenvalue weighted by atomic mass is 10.3. The molecular weight excluding hydrogens is 166 g/mol. The van der Waals surface area contributed by atoms with Gasteiger partial charge in [-0.15, -0.1) is 0 Å². The van der Waals surface area contributed by atoms with Crippen molar-refractivity contribution >= 4 is 17.6 Å². The van der Waals surface area contributed by atoms with Gasteiger partial charge in [-0.2, -0.15) is 0 Å². The molecule has 0 radical (unpaired) electrons. The molecule has 1 atom stereocenters. The predicted octanol–water partition coefficient (Wildman–Crippen LogP) is 0.868. The minimum Gasteiger partial charge on any atom is -0.399 e. The highest BCUT2D eigenvalue weighted by Crippen LogP contribution is 2.04. The third-order valence-corrected chi connectivity index (χ3v) is 1.18. The molecule has 0 aliphatic rings. The van der Waals surface area contributed by atoms with Gasteiger partial charge in [0.25, 0.3) is 0 Å². The Morgan fingerprint density at radius 1 is 1.23 bits per heavy atom. The van der Waals surface area contributed by atoms with E-state index in [1.54, 1.807) is 24.3 Å². The van der Waals surface area contributed by atoms with Gasteiger partial charge < -0.3 is 22.0 Å². The van der Waals surface area contributed by atoms with Crippen molar-refractivity contribution in [1.82, 2.24) is 0 Å². The van der Waals surface area contributed by atoms with E-state index in [-0.39, 0.29) is 0 Å². The Labute approximate surface area is 77.7 Å². The van der Waals surface area contributed by atoms with Gasteiger partial charge in [-0.05, 0) is 31.2 Å². The van der Waals surface area contributed by atoms with E-state index in [2.05, 4.69) is 0 Å². The third kappa shape index (κ3) is 6.83. The van der Waals surface area contributed by atoms with E-state index in [9.17, 15) is 0 Å². The topological polar surface area (TPSA) is 96.1 Å². The number of hydrogen-bond acceptors (Lipinski definition) is 4. The summed E-state index contributed by atoms with van der Waals surface area (Å²) in [7, 11) is 0. The molecular formula is C9H15N3O. The number of nitrogens with two attached hydrogens (primary N) is 2. The first kappa shape index (κ1) is 11.4. The number of aliphatic hydroxyl groups excluding tert-OH is 1. The summed E-state index contributed by atoms with van der Waals surface area (Å²) in [6.07, 6.45) is 0.398. The zero-order valence-electron chi connectivity index (χ0n) is 7.57. The number of hydrogen-bond donors (Lipinski definition) is 4. The lowest BCUT2D eigenvalue weighted by molar-refractivity contribution is 0.266. The molecule has 0 saturated heterocycles. The molecule has 6 N–H and O–H groups in total. The maximum atomic E-state index is 8.12. The third-order valence-electron chi connectivity index (χ3n) is 1.18. The van der Waals surface area contributed by atoms with E-state index >= 15 is 0 Å². The van der Waals surface area contributed by atoms with Gasteiger partial charge >= 0.3 is 0 Å². The van der Waals surface area contributed by atoms with E-state index in [4.69, 9.17) is 22.0 Å². The zero-order valence-corrected chi connectivity index (χ0v) is 7.57. The molecule has 4 nitrogen and oxygen atoms in total. The molecule has 0 bridgehead atoms. The van der Waals surface area contributed by atoms with Gasteiger partial charge in [0.05, 0.1) is 6.10 Å². The first-order chi connectivity index (χ1) is 6.06. The Morgan fingerprint density at radius 2 is 1.46 bits per heavy atom. The van der Waals surface area contributed by atoms with E-state index in [0.29, 0.717) is 0 Å². The SMILES string of the molecule is CC(O)C=N.Nc1ccc(N)cc1. The maximum Gasteiger partial charge on any atom is 0.0856 e. The molecule has 0 aliphatic heterocycles. The van der Waals surface area contributed by atoms with Crippen LogP contribution in [0.25, 0.3) is 0 Å². The highest BCUT2D eigenvalue weighted by molar-refractivity contribution is 5.57. The van der Waals surface area contributed by atoms with Crippen molar-refractivity contribution in [1.29, 1.82) is 5.41 Å². The normalized spacial score (nSPS) is 10.9. The Balaban J connectivity index is 0.000000252. The van der Waals surface area contributed by atoms with Gasteiger partial charge in [0.2, 0.25) is 0 Å². The molecule has 0 aliphatic carbocycles. The molecule has 0 aromatic heterocycles. The zero-order chi connectivity index (χ0) is 10.3. The predicted molar refractivity (Wildman–Crippen MR) is 55.7 cm³/mol. The van der Waals surface area contributed by atoms with Gasteiger partial charge in [0.15, 0.2) is 0 Å². The number of rotatable bonds is 1. The van der Waals surface area contributed by atoms with E-state index in [0.717, 1.165) is 17.6 Å². The largest absolute Gasteiger partial charge is 0.399 e. The minimum atomic E-state index is -0.574. The molecule has 1 unspecified atom stereocenters. The van der Waals surface area contributed by atoms with Crippen LogP contribution in [0.4, 0.5) is 11.4 Å². The van der Waals surface area contributed by atoms with Crippen molar-refractivity contribution in [2.75, 3.05) is 11.5 Å². The van der Waals surface area contributed by atoms with Crippen LogP contribution >= 0.6 is 0 Å². The van der Waals surface area contributed by atoms with Crippen molar-refractivity contribution in [3.05, 3.63) is 24.3 Å². The minimum absolute atomic E-state index is 0.574. The fourth-order valence-corrected chi connectivity index (χ4v) is 0.496. The summed E-state index contributed by atoms with van der Waals surface area (Å²) >= 11 is 0. The summed E-state index contributed by atoms with van der Waals surface area (Å²) in [5.41, 5.74) is 12.2. The molecule has 1 aromatic rings. The average molecular weight is 181 g/mol. The average Bonchev–Trinajstić information content (AvgIpc) is 2.11. The Kier molecular flexibility index (Phi) is 5.30. The first-order valence-corrected chi connectivity index (χ1v) is 3.86. The fourth-order valence-electron chi connectivity index (χ4n) is 0.496. The van der Waals surface area contributed by atoms with Crippen molar-refractivity contribution in [3.8, 4) is 0 Å². The standard InChI is InChI=1S/C6H8N2.C3H7NO/c7-5-1-2-6(8)4-3-5;1-3(5)2-4/h1-4H,7-8H2;2-5H,1H3. The summed E-state index contributed by atoms with van der Waals surface area (Å²) < 4.78 is 0. The molecule has 0 amide bonds. The van der Waals surface area contributed by atoms with Crippen molar-refractivity contribution in [3.63, 3.8) is 0 Å². The van der Waals surface area contributed by atoms with Gasteiger partial charge in [-0.25, -0.2) is 0 Å². The van der Waals surface area contributed by atoms with Gasteiger partial charge in [0.1, 0.15) is 0 Å². The van der Waals surface area contributed by atoms with Crippen LogP contribution in [-0.2, 0) is 0 Å². The lowest BCUT2D eigenvalue weighted by Crippen LogP contribution is -1.97. The molecule has 72 valence electrons. The van der Waals surface area contributed by atoms with Crippen LogP contribution in [0.5, 0.6) is 0 Å². The second-order valence-corrected chi connectivity index (χ2v) is 2.57. The molecule has 0 spiro atoms. The highest BCUT2D eigenvalue weighted by atomic mass is 16.3. The number of nitrogen functional groups attached to an aromatic ring is 2. The molecule has 1 aromatic carbocycles. The molecule has 0 fully saturated rings. The maximum absolute atomic E-state index is 8.12. The van der Waals surface area contributed by atoms with Crippen LogP contribution in [0.3, 0.4) is 0 Å². The van der Waals surface area contributed by atoms with E-state index in [1.807, 2.05) is 0 Å². The van der Waals surface area contributed by atoms with Gasteiger partial charge in [0, 0.05) is 17.6 Å². The summed E-state index contributed by atoms with van der Waals surface area (Å²) in [4.78, 5) is 0. The summed E-state index contributed by atoms with van der Waals surface area (Å²) in [5, 5.41) is 14.4.